The van der Waals surface area contributed by atoms with Gasteiger partial charge in [0.25, 0.3) is 0 Å². The van der Waals surface area contributed by atoms with Gasteiger partial charge in [0.1, 0.15) is 17.3 Å². The van der Waals surface area contributed by atoms with Crippen LogP contribution in [-0.4, -0.2) is 23.6 Å². The van der Waals surface area contributed by atoms with Gasteiger partial charge in [-0.25, -0.2) is 8.78 Å². The van der Waals surface area contributed by atoms with Gasteiger partial charge in [0.15, 0.2) is 5.84 Å². The number of halogens is 2. The van der Waals surface area contributed by atoms with Crippen LogP contribution in [0.15, 0.2) is 17.3 Å². The van der Waals surface area contributed by atoms with Crippen molar-refractivity contribution in [1.29, 1.82) is 0 Å². The van der Waals surface area contributed by atoms with E-state index in [1.54, 1.807) is 4.90 Å². The predicted octanol–water partition coefficient (Wildman–Crippen LogP) is 2.83. The van der Waals surface area contributed by atoms with Crippen molar-refractivity contribution in [2.45, 2.75) is 38.6 Å². The van der Waals surface area contributed by atoms with Crippen LogP contribution in [-0.2, 0) is 0 Å². The van der Waals surface area contributed by atoms with Crippen LogP contribution in [0.1, 0.15) is 38.2 Å². The molecule has 1 fully saturated rings. The highest BCUT2D eigenvalue weighted by atomic mass is 19.1. The monoisotopic (exact) mass is 283 g/mol. The Morgan fingerprint density at radius 1 is 1.30 bits per heavy atom. The molecule has 1 aromatic carbocycles. The number of hydrogen-bond acceptors (Lipinski definition) is 3. The van der Waals surface area contributed by atoms with E-state index < -0.39 is 11.6 Å². The fourth-order valence-corrected chi connectivity index (χ4v) is 2.65. The molecule has 0 spiro atoms. The molecular formula is C14H19F2N3O. The fraction of sp³-hybridized carbons (Fsp3) is 0.500. The van der Waals surface area contributed by atoms with E-state index in [1.807, 2.05) is 6.92 Å². The van der Waals surface area contributed by atoms with E-state index in [9.17, 15) is 8.78 Å². The van der Waals surface area contributed by atoms with Crippen molar-refractivity contribution in [3.8, 4) is 0 Å². The first-order chi connectivity index (χ1) is 9.54. The summed E-state index contributed by atoms with van der Waals surface area (Å²) in [4.78, 5) is 1.77. The van der Waals surface area contributed by atoms with Gasteiger partial charge < -0.3 is 15.8 Å². The molecule has 1 aromatic rings. The van der Waals surface area contributed by atoms with E-state index in [0.29, 0.717) is 6.54 Å². The van der Waals surface area contributed by atoms with Gasteiger partial charge in [-0.05, 0) is 31.9 Å². The molecule has 6 heteroatoms. The first kappa shape index (κ1) is 14.6. The second-order valence-electron chi connectivity index (χ2n) is 5.17. The average Bonchev–Trinajstić information content (AvgIpc) is 2.62. The zero-order chi connectivity index (χ0) is 14.7. The average molecular weight is 283 g/mol. The molecule has 0 bridgehead atoms. The van der Waals surface area contributed by atoms with Crippen molar-refractivity contribution in [2.75, 3.05) is 11.4 Å². The van der Waals surface area contributed by atoms with Gasteiger partial charge in [-0.3, -0.25) is 0 Å². The number of anilines is 1. The second-order valence-corrected chi connectivity index (χ2v) is 5.17. The van der Waals surface area contributed by atoms with Gasteiger partial charge >= 0.3 is 0 Å². The smallest absolute Gasteiger partial charge is 0.170 e. The third-order valence-electron chi connectivity index (χ3n) is 3.76. The Hall–Kier alpha value is -1.85. The Bertz CT molecular complexity index is 496. The minimum absolute atomic E-state index is 0.0195. The quantitative estimate of drug-likeness (QED) is 0.380. The van der Waals surface area contributed by atoms with E-state index in [2.05, 4.69) is 5.16 Å². The highest BCUT2D eigenvalue weighted by molar-refractivity contribution is 5.97. The summed E-state index contributed by atoms with van der Waals surface area (Å²) in [5, 5.41) is 11.3. The molecule has 0 amide bonds. The first-order valence-corrected chi connectivity index (χ1v) is 6.78. The highest BCUT2D eigenvalue weighted by Gasteiger charge is 2.24. The summed E-state index contributed by atoms with van der Waals surface area (Å²) in [7, 11) is 0. The lowest BCUT2D eigenvalue weighted by molar-refractivity contribution is 0.318. The van der Waals surface area contributed by atoms with Crippen molar-refractivity contribution in [1.82, 2.24) is 0 Å². The van der Waals surface area contributed by atoms with Crippen LogP contribution in [0.3, 0.4) is 0 Å². The number of nitrogens with two attached hydrogens (primary N) is 1. The molecule has 4 nitrogen and oxygen atoms in total. The van der Waals surface area contributed by atoms with Crippen LogP contribution in [0.4, 0.5) is 14.5 Å². The van der Waals surface area contributed by atoms with Crippen molar-refractivity contribution in [2.24, 2.45) is 10.9 Å². The number of amidine groups is 1. The minimum Gasteiger partial charge on any atom is -0.409 e. The van der Waals surface area contributed by atoms with Crippen LogP contribution in [0.2, 0.25) is 0 Å². The molecular weight excluding hydrogens is 264 g/mol. The normalized spacial score (nSPS) is 20.9. The molecule has 0 aliphatic carbocycles. The highest BCUT2D eigenvalue weighted by Crippen LogP contribution is 2.30. The summed E-state index contributed by atoms with van der Waals surface area (Å²) < 4.78 is 28.4. The van der Waals surface area contributed by atoms with Crippen molar-refractivity contribution >= 4 is 11.5 Å². The lowest BCUT2D eigenvalue weighted by Crippen LogP contribution is -2.34. The number of hydrogen-bond donors (Lipinski definition) is 2. The molecule has 0 radical (unpaired) electrons. The number of nitrogens with zero attached hydrogens (tertiary/aromatic N) is 2. The maximum absolute atomic E-state index is 14.2. The summed E-state index contributed by atoms with van der Waals surface area (Å²) in [5.74, 6) is -1.67. The zero-order valence-corrected chi connectivity index (χ0v) is 11.4. The van der Waals surface area contributed by atoms with Crippen LogP contribution < -0.4 is 10.6 Å². The van der Waals surface area contributed by atoms with Crippen molar-refractivity contribution in [3.63, 3.8) is 0 Å². The summed E-state index contributed by atoms with van der Waals surface area (Å²) in [6, 6.07) is 2.30. The van der Waals surface area contributed by atoms with Gasteiger partial charge in [-0.2, -0.15) is 0 Å². The standard InChI is InChI=1S/C14H19F2N3O/c1-9-5-3-2-4-6-19(9)13-11(15)7-10(8-12(13)16)14(17)18-20/h7-9,20H,2-6H2,1H3,(H2,17,18). The van der Waals surface area contributed by atoms with Gasteiger partial charge in [-0.1, -0.05) is 18.0 Å². The lowest BCUT2D eigenvalue weighted by Gasteiger charge is -2.30. The van der Waals surface area contributed by atoms with Crippen LogP contribution in [0.5, 0.6) is 0 Å². The van der Waals surface area contributed by atoms with Crippen molar-refractivity contribution < 1.29 is 14.0 Å². The Labute approximate surface area is 116 Å². The van der Waals surface area contributed by atoms with Crippen LogP contribution in [0, 0.1) is 11.6 Å². The van der Waals surface area contributed by atoms with Gasteiger partial charge in [0.05, 0.1) is 0 Å². The molecule has 1 aliphatic rings. The maximum Gasteiger partial charge on any atom is 0.170 e. The molecule has 0 aromatic heterocycles. The summed E-state index contributed by atoms with van der Waals surface area (Å²) >= 11 is 0. The first-order valence-electron chi connectivity index (χ1n) is 6.78. The molecule has 1 heterocycles. The second kappa shape index (κ2) is 6.07. The van der Waals surface area contributed by atoms with Crippen LogP contribution >= 0.6 is 0 Å². The molecule has 1 aliphatic heterocycles. The minimum atomic E-state index is -0.680. The van der Waals surface area contributed by atoms with E-state index in [1.165, 1.54) is 0 Å². The molecule has 2 rings (SSSR count). The van der Waals surface area contributed by atoms with E-state index in [4.69, 9.17) is 10.9 Å². The Balaban J connectivity index is 2.41. The fourth-order valence-electron chi connectivity index (χ4n) is 2.65. The van der Waals surface area contributed by atoms with E-state index in [0.717, 1.165) is 37.8 Å². The zero-order valence-electron chi connectivity index (χ0n) is 11.4. The molecule has 1 atom stereocenters. The topological polar surface area (TPSA) is 61.8 Å². The number of oxime groups is 1. The number of benzene rings is 1. The molecule has 1 unspecified atom stereocenters. The molecule has 20 heavy (non-hydrogen) atoms. The Morgan fingerprint density at radius 3 is 2.55 bits per heavy atom. The Morgan fingerprint density at radius 2 is 1.95 bits per heavy atom. The molecule has 1 saturated heterocycles. The summed E-state index contributed by atoms with van der Waals surface area (Å²) in [6.07, 6.45) is 3.99. The molecule has 3 N–H and O–H groups in total. The van der Waals surface area contributed by atoms with Gasteiger partial charge in [-0.15, -0.1) is 0 Å². The SMILES string of the molecule is CC1CCCCCN1c1c(F)cc(C(N)=NO)cc1F. The predicted molar refractivity (Wildman–Crippen MR) is 74.1 cm³/mol. The van der Waals surface area contributed by atoms with Gasteiger partial charge in [0.2, 0.25) is 0 Å². The Kier molecular flexibility index (Phi) is 4.42. The van der Waals surface area contributed by atoms with E-state index >= 15 is 0 Å². The largest absolute Gasteiger partial charge is 0.409 e. The molecule has 110 valence electrons. The third kappa shape index (κ3) is 2.84. The van der Waals surface area contributed by atoms with Crippen LogP contribution in [0.25, 0.3) is 0 Å². The third-order valence-corrected chi connectivity index (χ3v) is 3.76. The summed E-state index contributed by atoms with van der Waals surface area (Å²) in [5.41, 5.74) is 5.38. The molecule has 0 saturated carbocycles. The maximum atomic E-state index is 14.2. The lowest BCUT2D eigenvalue weighted by atomic mass is 10.1. The number of rotatable bonds is 2. The van der Waals surface area contributed by atoms with E-state index in [-0.39, 0.29) is 23.1 Å². The van der Waals surface area contributed by atoms with Crippen molar-refractivity contribution in [3.05, 3.63) is 29.3 Å². The summed E-state index contributed by atoms with van der Waals surface area (Å²) in [6.45, 7) is 2.61. The van der Waals surface area contributed by atoms with Gasteiger partial charge in [0, 0.05) is 18.2 Å².